The zero-order valence-electron chi connectivity index (χ0n) is 15.9. The molecule has 0 spiro atoms. The molecule has 8 nitrogen and oxygen atoms in total. The summed E-state index contributed by atoms with van der Waals surface area (Å²) in [5.41, 5.74) is 0.379. The van der Waals surface area contributed by atoms with Crippen LogP contribution in [0.25, 0.3) is 6.08 Å². The Balaban J connectivity index is 2.55. The smallest absolute Gasteiger partial charge is 0.344 e. The predicted octanol–water partition coefficient (Wildman–Crippen LogP) is 3.21. The first-order valence-corrected chi connectivity index (χ1v) is 9.24. The molecular formula is C19H21NO7S. The van der Waals surface area contributed by atoms with E-state index in [9.17, 15) is 19.8 Å². The minimum atomic E-state index is -0.764. The van der Waals surface area contributed by atoms with Gasteiger partial charge in [-0.1, -0.05) is 18.7 Å². The van der Waals surface area contributed by atoms with Gasteiger partial charge in [0.15, 0.2) is 11.5 Å². The number of carbonyl (C=O) groups excluding carboxylic acids is 2. The van der Waals surface area contributed by atoms with Crippen molar-refractivity contribution in [2.24, 2.45) is 4.99 Å². The van der Waals surface area contributed by atoms with Crippen molar-refractivity contribution in [2.45, 2.75) is 20.3 Å². The highest BCUT2D eigenvalue weighted by Gasteiger charge is 2.33. The van der Waals surface area contributed by atoms with Gasteiger partial charge in [0.05, 0.1) is 25.7 Å². The molecule has 0 saturated heterocycles. The Morgan fingerprint density at radius 1 is 1.14 bits per heavy atom. The monoisotopic (exact) mass is 407 g/mol. The second-order valence-corrected chi connectivity index (χ2v) is 6.52. The van der Waals surface area contributed by atoms with E-state index in [1.54, 1.807) is 19.9 Å². The van der Waals surface area contributed by atoms with Gasteiger partial charge in [0.1, 0.15) is 16.4 Å². The van der Waals surface area contributed by atoms with Crippen LogP contribution in [0.1, 0.15) is 25.8 Å². The van der Waals surface area contributed by atoms with Crippen LogP contribution in [0.3, 0.4) is 0 Å². The lowest BCUT2D eigenvalue weighted by molar-refractivity contribution is -0.138. The third-order valence-electron chi connectivity index (χ3n) is 3.70. The Labute approximate surface area is 166 Å². The first-order chi connectivity index (χ1) is 13.4. The zero-order valence-corrected chi connectivity index (χ0v) is 16.8. The number of thioether (sulfide) groups is 1. The predicted molar refractivity (Wildman–Crippen MR) is 106 cm³/mol. The van der Waals surface area contributed by atoms with E-state index in [2.05, 4.69) is 4.99 Å². The average molecular weight is 407 g/mol. The van der Waals surface area contributed by atoms with Gasteiger partial charge in [0, 0.05) is 6.42 Å². The molecular weight excluding hydrogens is 386 g/mol. The largest absolute Gasteiger partial charge is 0.506 e. The van der Waals surface area contributed by atoms with Crippen LogP contribution in [0.2, 0.25) is 0 Å². The number of esters is 1. The van der Waals surface area contributed by atoms with Gasteiger partial charge in [0.25, 0.3) is 0 Å². The normalized spacial score (nSPS) is 16.6. The van der Waals surface area contributed by atoms with Crippen molar-refractivity contribution in [2.75, 3.05) is 20.8 Å². The number of aliphatic hydroxyl groups excluding tert-OH is 1. The van der Waals surface area contributed by atoms with Gasteiger partial charge < -0.3 is 24.4 Å². The van der Waals surface area contributed by atoms with Crippen molar-refractivity contribution >= 4 is 34.8 Å². The number of phenols is 1. The van der Waals surface area contributed by atoms with E-state index in [-0.39, 0.29) is 46.7 Å². The number of nitrogens with zero attached hydrogens (tertiary/aromatic N) is 1. The number of methoxy groups -OCH3 is 2. The van der Waals surface area contributed by atoms with Gasteiger partial charge in [-0.2, -0.15) is 0 Å². The number of aliphatic imine (C=N–C) groups is 1. The molecule has 0 saturated carbocycles. The number of hydrogen-bond acceptors (Lipinski definition) is 8. The number of hydrogen-bond donors (Lipinski definition) is 2. The minimum Gasteiger partial charge on any atom is -0.506 e. The maximum absolute atomic E-state index is 12.2. The summed E-state index contributed by atoms with van der Waals surface area (Å²) in [7, 11) is 2.79. The molecule has 0 fully saturated rings. The molecule has 1 amide bonds. The van der Waals surface area contributed by atoms with Gasteiger partial charge in [-0.25, -0.2) is 9.79 Å². The van der Waals surface area contributed by atoms with Crippen LogP contribution in [-0.4, -0.2) is 48.0 Å². The molecule has 1 heterocycles. The molecule has 1 aromatic rings. The Bertz CT molecular complexity index is 861. The number of aliphatic hydroxyl groups is 1. The van der Waals surface area contributed by atoms with Crippen LogP contribution in [0.4, 0.5) is 0 Å². The quantitative estimate of drug-likeness (QED) is 0.691. The van der Waals surface area contributed by atoms with E-state index in [1.807, 2.05) is 0 Å². The summed E-state index contributed by atoms with van der Waals surface area (Å²) in [5.74, 6) is -1.33. The summed E-state index contributed by atoms with van der Waals surface area (Å²) < 4.78 is 15.2. The van der Waals surface area contributed by atoms with Crippen LogP contribution in [0.5, 0.6) is 17.2 Å². The van der Waals surface area contributed by atoms with Crippen molar-refractivity contribution < 1.29 is 34.0 Å². The van der Waals surface area contributed by atoms with Crippen LogP contribution in [-0.2, 0) is 14.3 Å². The van der Waals surface area contributed by atoms with Crippen molar-refractivity contribution in [3.8, 4) is 17.2 Å². The molecule has 0 aromatic heterocycles. The Hall–Kier alpha value is -2.94. The van der Waals surface area contributed by atoms with Crippen LogP contribution < -0.4 is 9.47 Å². The van der Waals surface area contributed by atoms with Crippen molar-refractivity contribution in [3.63, 3.8) is 0 Å². The highest BCUT2D eigenvalue weighted by molar-refractivity contribution is 8.18. The maximum Gasteiger partial charge on any atom is 0.344 e. The number of aromatic hydroxyl groups is 1. The van der Waals surface area contributed by atoms with E-state index < -0.39 is 11.9 Å². The molecule has 1 aliphatic heterocycles. The van der Waals surface area contributed by atoms with E-state index in [1.165, 1.54) is 26.4 Å². The lowest BCUT2D eigenvalue weighted by Gasteiger charge is -2.10. The zero-order chi connectivity index (χ0) is 20.8. The molecule has 2 rings (SSSR count). The van der Waals surface area contributed by atoms with Gasteiger partial charge in [-0.3, -0.25) is 4.79 Å². The Morgan fingerprint density at radius 2 is 1.75 bits per heavy atom. The van der Waals surface area contributed by atoms with Crippen molar-refractivity contribution in [3.05, 3.63) is 33.9 Å². The Morgan fingerprint density at radius 3 is 2.25 bits per heavy atom. The third kappa shape index (κ3) is 4.48. The standard InChI is InChI=1S/C19H21NO7S/c1-5-14(21)20-18-15(19(24)27-6-2)17(23)13(28-18)9-10-7-11(25-3)16(22)12(8-10)26-4/h7-9,22-23H,5-6H2,1-4H3/b13-9-,20-18?. The fourth-order valence-corrected chi connectivity index (χ4v) is 3.36. The number of amides is 1. The van der Waals surface area contributed by atoms with E-state index in [0.29, 0.717) is 10.5 Å². The van der Waals surface area contributed by atoms with Gasteiger partial charge in [-0.05, 0) is 30.7 Å². The van der Waals surface area contributed by atoms with Gasteiger partial charge >= 0.3 is 5.97 Å². The molecule has 0 radical (unpaired) electrons. The molecule has 0 unspecified atom stereocenters. The van der Waals surface area contributed by atoms with E-state index in [4.69, 9.17) is 14.2 Å². The summed E-state index contributed by atoms with van der Waals surface area (Å²) in [6.07, 6.45) is 1.72. The third-order valence-corrected chi connectivity index (χ3v) is 4.72. The van der Waals surface area contributed by atoms with Crippen molar-refractivity contribution in [1.29, 1.82) is 0 Å². The first-order valence-electron chi connectivity index (χ1n) is 8.43. The van der Waals surface area contributed by atoms with Crippen LogP contribution in [0, 0.1) is 0 Å². The number of ether oxygens (including phenoxy) is 3. The topological polar surface area (TPSA) is 115 Å². The van der Waals surface area contributed by atoms with Gasteiger partial charge in [-0.15, -0.1) is 0 Å². The lowest BCUT2D eigenvalue weighted by atomic mass is 10.1. The summed E-state index contributed by atoms with van der Waals surface area (Å²) >= 11 is 0.972. The second kappa shape index (κ2) is 9.32. The fourth-order valence-electron chi connectivity index (χ4n) is 2.33. The minimum absolute atomic E-state index is 0.0757. The Kier molecular flexibility index (Phi) is 7.11. The number of phenolic OH excluding ortho intramolecular Hbond substituents is 1. The molecule has 0 atom stereocenters. The van der Waals surface area contributed by atoms with E-state index in [0.717, 1.165) is 11.8 Å². The fraction of sp³-hybridized carbons (Fsp3) is 0.316. The highest BCUT2D eigenvalue weighted by Crippen LogP contribution is 2.42. The summed E-state index contributed by atoms with van der Waals surface area (Å²) in [4.78, 5) is 28.2. The number of carbonyl (C=O) groups is 2. The summed E-state index contributed by atoms with van der Waals surface area (Å²) in [6, 6.07) is 3.07. The molecule has 150 valence electrons. The molecule has 0 aliphatic carbocycles. The SMILES string of the molecule is CCOC(=O)C1=C(O)/C(=C/c2cc(OC)c(O)c(OC)c2)SC1=NC(=O)CC. The summed E-state index contributed by atoms with van der Waals surface area (Å²) in [5, 5.41) is 20.6. The lowest BCUT2D eigenvalue weighted by Crippen LogP contribution is -2.14. The average Bonchev–Trinajstić information content (AvgIpc) is 2.97. The van der Waals surface area contributed by atoms with Crippen LogP contribution in [0.15, 0.2) is 33.4 Å². The van der Waals surface area contributed by atoms with Crippen molar-refractivity contribution in [1.82, 2.24) is 0 Å². The maximum atomic E-state index is 12.2. The molecule has 1 aromatic carbocycles. The molecule has 1 aliphatic rings. The van der Waals surface area contributed by atoms with Crippen LogP contribution >= 0.6 is 11.8 Å². The molecule has 9 heteroatoms. The number of benzene rings is 1. The van der Waals surface area contributed by atoms with Gasteiger partial charge in [0.2, 0.25) is 11.7 Å². The second-order valence-electron chi connectivity index (χ2n) is 5.49. The van der Waals surface area contributed by atoms with E-state index >= 15 is 0 Å². The molecule has 0 bridgehead atoms. The number of rotatable bonds is 6. The summed E-state index contributed by atoms with van der Waals surface area (Å²) in [6.45, 7) is 3.39. The molecule has 28 heavy (non-hydrogen) atoms. The first kappa shape index (κ1) is 21.4. The highest BCUT2D eigenvalue weighted by atomic mass is 32.2. The molecule has 2 N–H and O–H groups in total.